The van der Waals surface area contributed by atoms with Gasteiger partial charge in [-0.2, -0.15) is 0 Å². The van der Waals surface area contributed by atoms with Gasteiger partial charge in [0.15, 0.2) is 0 Å². The molecule has 1 aromatic carbocycles. The van der Waals surface area contributed by atoms with Gasteiger partial charge in [-0.25, -0.2) is 0 Å². The first kappa shape index (κ1) is 23.3. The molecule has 3 nitrogen and oxygen atoms in total. The largest absolute Gasteiger partial charge is 0.507 e. The van der Waals surface area contributed by atoms with Crippen molar-refractivity contribution in [2.45, 2.75) is 65.2 Å². The van der Waals surface area contributed by atoms with Crippen LogP contribution in [0.4, 0.5) is 0 Å². The van der Waals surface area contributed by atoms with E-state index in [0.29, 0.717) is 24.8 Å². The maximum atomic E-state index is 10.9. The Morgan fingerprint density at radius 2 is 2.07 bits per heavy atom. The van der Waals surface area contributed by atoms with Crippen LogP contribution in [0.1, 0.15) is 69.9 Å². The zero-order valence-corrected chi connectivity index (χ0v) is 17.8. The molecule has 2 rings (SSSR count). The fraction of sp³-hybridized carbons (Fsp3) is 0.542. The molecule has 4 N–H and O–H groups in total. The number of benzene rings is 1. The van der Waals surface area contributed by atoms with Crippen molar-refractivity contribution < 1.29 is 15.6 Å². The minimum atomic E-state index is 0. The Labute approximate surface area is 166 Å². The second kappa shape index (κ2) is 11.2. The summed E-state index contributed by atoms with van der Waals surface area (Å²) in [5.41, 5.74) is 8.52. The van der Waals surface area contributed by atoms with Crippen LogP contribution in [0, 0.1) is 13.3 Å². The minimum Gasteiger partial charge on any atom is -0.507 e. The lowest BCUT2D eigenvalue weighted by Crippen LogP contribution is -2.52. The average Bonchev–Trinajstić information content (AvgIpc) is 2.59. The van der Waals surface area contributed by atoms with Crippen molar-refractivity contribution in [2.75, 3.05) is 13.2 Å². The Bertz CT molecular complexity index is 648. The lowest BCUT2D eigenvalue weighted by Gasteiger charge is -2.32. The zero-order valence-electron chi connectivity index (χ0n) is 17.8. The van der Waals surface area contributed by atoms with Gasteiger partial charge in [-0.15, -0.1) is 0 Å². The minimum absolute atomic E-state index is 0. The van der Waals surface area contributed by atoms with Crippen molar-refractivity contribution in [3.63, 3.8) is 0 Å². The van der Waals surface area contributed by atoms with Crippen LogP contribution in [0.2, 0.25) is 0 Å². The average molecular weight is 374 g/mol. The number of phenolic OH excluding ortho intramolecular Hbond substituents is 1. The molecule has 2 unspecified atom stereocenters. The third-order valence-electron chi connectivity index (χ3n) is 5.36. The first-order chi connectivity index (χ1) is 12.5. The molecule has 0 amide bonds. The molecule has 0 aliphatic heterocycles. The van der Waals surface area contributed by atoms with Crippen LogP contribution in [0.3, 0.4) is 0 Å². The highest BCUT2D eigenvalue weighted by atomic mass is 16.5. The highest BCUT2D eigenvalue weighted by Crippen LogP contribution is 2.46. The number of hydrogen-bond donors (Lipinski definition) is 2. The summed E-state index contributed by atoms with van der Waals surface area (Å²) < 4.78 is 6.05. The quantitative estimate of drug-likeness (QED) is 0.354. The van der Waals surface area contributed by atoms with E-state index in [4.69, 9.17) is 4.74 Å². The second-order valence-electron chi connectivity index (χ2n) is 7.72. The molecule has 1 aromatic rings. The lowest BCUT2D eigenvalue weighted by atomic mass is 9.73. The maximum Gasteiger partial charge on any atom is 0.137 e. The summed E-state index contributed by atoms with van der Waals surface area (Å²) in [4.78, 5) is 0. The van der Waals surface area contributed by atoms with Crippen LogP contribution >= 0.6 is 0 Å². The number of hydrogen-bond acceptors (Lipinski definition) is 2. The molecule has 0 fully saturated rings. The van der Waals surface area contributed by atoms with Crippen molar-refractivity contribution in [1.82, 2.24) is 0 Å². The van der Waals surface area contributed by atoms with Crippen LogP contribution in [-0.2, 0) is 6.42 Å². The van der Waals surface area contributed by atoms with E-state index in [-0.39, 0.29) is 13.3 Å². The van der Waals surface area contributed by atoms with Gasteiger partial charge < -0.3 is 23.0 Å². The summed E-state index contributed by atoms with van der Waals surface area (Å²) in [5.74, 6) is 1.66. The molecule has 0 heterocycles. The van der Waals surface area contributed by atoms with Gasteiger partial charge in [0, 0.05) is 11.5 Å². The van der Waals surface area contributed by atoms with Gasteiger partial charge in [0.05, 0.1) is 0 Å². The van der Waals surface area contributed by atoms with E-state index in [1.807, 2.05) is 6.07 Å². The topological polar surface area (TPSA) is 57.1 Å². The van der Waals surface area contributed by atoms with E-state index in [0.717, 1.165) is 42.6 Å². The summed E-state index contributed by atoms with van der Waals surface area (Å²) in [5, 5.41) is 10.9. The molecule has 152 valence electrons. The maximum absolute atomic E-state index is 10.9. The summed E-state index contributed by atoms with van der Waals surface area (Å²) in [6, 6.07) is 4.07. The van der Waals surface area contributed by atoms with E-state index in [1.165, 1.54) is 24.0 Å². The number of quaternary nitrogens is 1. The molecule has 2 atom stereocenters. The first-order valence-corrected chi connectivity index (χ1v) is 10.1. The van der Waals surface area contributed by atoms with Gasteiger partial charge in [-0.3, -0.25) is 0 Å². The number of aryl methyl sites for hydroxylation is 1. The van der Waals surface area contributed by atoms with Gasteiger partial charge in [0.2, 0.25) is 0 Å². The van der Waals surface area contributed by atoms with E-state index in [2.05, 4.69) is 45.2 Å². The molecule has 0 spiro atoms. The van der Waals surface area contributed by atoms with Crippen molar-refractivity contribution in [3.8, 4) is 11.5 Å². The SMILES string of the molecule is C=C(C)C1CCC(C)=CC1c1c(O)cc(CCCCC)cc1OCC[NH3+].[CH3-]. The van der Waals surface area contributed by atoms with E-state index in [9.17, 15) is 5.11 Å². The summed E-state index contributed by atoms with van der Waals surface area (Å²) in [6.45, 7) is 12.0. The van der Waals surface area contributed by atoms with Crippen LogP contribution in [0.5, 0.6) is 11.5 Å². The zero-order chi connectivity index (χ0) is 19.1. The van der Waals surface area contributed by atoms with Crippen LogP contribution in [0.15, 0.2) is 35.9 Å². The van der Waals surface area contributed by atoms with Gasteiger partial charge in [0.25, 0.3) is 0 Å². The Morgan fingerprint density at radius 1 is 1.33 bits per heavy atom. The van der Waals surface area contributed by atoms with Crippen LogP contribution in [0.25, 0.3) is 0 Å². The molecular formula is C24H39NO2. The van der Waals surface area contributed by atoms with E-state index in [1.54, 1.807) is 0 Å². The number of unbranched alkanes of at least 4 members (excludes halogenated alkanes) is 2. The first-order valence-electron chi connectivity index (χ1n) is 10.1. The predicted molar refractivity (Wildman–Crippen MR) is 115 cm³/mol. The smallest absolute Gasteiger partial charge is 0.137 e. The second-order valence-corrected chi connectivity index (χ2v) is 7.72. The molecule has 0 saturated carbocycles. The molecule has 0 radical (unpaired) electrons. The number of ether oxygens (including phenoxy) is 1. The summed E-state index contributed by atoms with van der Waals surface area (Å²) in [6.07, 6.45) is 8.99. The third kappa shape index (κ3) is 6.14. The van der Waals surface area contributed by atoms with Gasteiger partial charge >= 0.3 is 0 Å². The molecule has 3 heteroatoms. The van der Waals surface area contributed by atoms with Crippen molar-refractivity contribution in [1.29, 1.82) is 0 Å². The van der Waals surface area contributed by atoms with Gasteiger partial charge in [-0.1, -0.05) is 43.6 Å². The third-order valence-corrected chi connectivity index (χ3v) is 5.36. The van der Waals surface area contributed by atoms with Crippen LogP contribution < -0.4 is 10.5 Å². The number of allylic oxidation sites excluding steroid dienone is 3. The number of phenols is 1. The molecule has 0 aromatic heterocycles. The Hall–Kier alpha value is -1.74. The highest BCUT2D eigenvalue weighted by molar-refractivity contribution is 5.52. The normalized spacial score (nSPS) is 19.2. The Morgan fingerprint density at radius 3 is 2.70 bits per heavy atom. The van der Waals surface area contributed by atoms with Crippen molar-refractivity contribution in [3.05, 3.63) is 54.5 Å². The summed E-state index contributed by atoms with van der Waals surface area (Å²) in [7, 11) is 0. The van der Waals surface area contributed by atoms with Gasteiger partial charge in [-0.05, 0) is 63.1 Å². The highest BCUT2D eigenvalue weighted by Gasteiger charge is 2.30. The Kier molecular flexibility index (Phi) is 9.65. The fourth-order valence-electron chi connectivity index (χ4n) is 3.93. The molecular weight excluding hydrogens is 334 g/mol. The van der Waals surface area contributed by atoms with Crippen molar-refractivity contribution >= 4 is 0 Å². The number of rotatable bonds is 9. The molecule has 1 aliphatic rings. The van der Waals surface area contributed by atoms with Crippen molar-refractivity contribution in [2.24, 2.45) is 5.92 Å². The van der Waals surface area contributed by atoms with E-state index >= 15 is 0 Å². The molecule has 0 saturated heterocycles. The molecule has 1 aliphatic carbocycles. The van der Waals surface area contributed by atoms with Crippen LogP contribution in [-0.4, -0.2) is 18.3 Å². The number of aromatic hydroxyl groups is 1. The lowest BCUT2D eigenvalue weighted by molar-refractivity contribution is -0.370. The monoisotopic (exact) mass is 373 g/mol. The predicted octanol–water partition coefficient (Wildman–Crippen LogP) is 5.21. The van der Waals surface area contributed by atoms with E-state index < -0.39 is 0 Å². The summed E-state index contributed by atoms with van der Waals surface area (Å²) >= 11 is 0. The standard InChI is InChI=1S/C23H35NO2.CH3/c1-5-6-7-8-18-14-21(25)23(22(15-18)26-12-11-24)20-13-17(4)9-10-19(20)16(2)3;/h13-15,19-20,25H,2,5-12,24H2,1,3-4H3;1H3/q;-1/p+1. The van der Waals surface area contributed by atoms with Gasteiger partial charge in [0.1, 0.15) is 24.7 Å². The molecule has 0 bridgehead atoms. The Balaban J connectivity index is 0.00000364. The molecule has 27 heavy (non-hydrogen) atoms. The fourth-order valence-corrected chi connectivity index (χ4v) is 3.93.